The number of hydrogen-bond acceptors (Lipinski definition) is 4. The molecular formula is C13H13NO4. The summed E-state index contributed by atoms with van der Waals surface area (Å²) in [5.41, 5.74) is 1.23. The number of hydrogen-bond donors (Lipinski definition) is 0. The van der Waals surface area contributed by atoms with E-state index in [1.807, 2.05) is 6.07 Å². The van der Waals surface area contributed by atoms with Gasteiger partial charge in [0.1, 0.15) is 6.61 Å². The molecule has 5 nitrogen and oxygen atoms in total. The molecule has 0 bridgehead atoms. The number of benzene rings is 1. The summed E-state index contributed by atoms with van der Waals surface area (Å²) in [7, 11) is 0. The predicted molar refractivity (Wildman–Crippen MR) is 66.2 cm³/mol. The van der Waals surface area contributed by atoms with Crippen LogP contribution in [-0.2, 0) is 16.1 Å². The van der Waals surface area contributed by atoms with Crippen molar-refractivity contribution < 1.29 is 13.9 Å². The van der Waals surface area contributed by atoms with Crippen LogP contribution in [0.15, 0.2) is 45.6 Å². The lowest BCUT2D eigenvalue weighted by molar-refractivity contribution is -0.138. The van der Waals surface area contributed by atoms with Crippen molar-refractivity contribution in [2.45, 2.75) is 13.5 Å². The van der Waals surface area contributed by atoms with Gasteiger partial charge in [-0.25, -0.2) is 9.59 Å². The minimum absolute atomic E-state index is 0.132. The highest BCUT2D eigenvalue weighted by molar-refractivity contribution is 5.81. The number of carbonyl (C=O) groups excluding carboxylic acids is 1. The van der Waals surface area contributed by atoms with Gasteiger partial charge in [-0.3, -0.25) is 4.57 Å². The van der Waals surface area contributed by atoms with Crippen LogP contribution in [-0.4, -0.2) is 17.1 Å². The summed E-state index contributed by atoms with van der Waals surface area (Å²) in [4.78, 5) is 22.7. The highest BCUT2D eigenvalue weighted by atomic mass is 16.5. The maximum absolute atomic E-state index is 11.6. The van der Waals surface area contributed by atoms with Gasteiger partial charge in [-0.2, -0.15) is 0 Å². The van der Waals surface area contributed by atoms with Gasteiger partial charge in [-0.15, -0.1) is 0 Å². The number of nitrogens with zero attached hydrogens (tertiary/aromatic N) is 1. The maximum atomic E-state index is 11.6. The number of ether oxygens (including phenoxy) is 1. The third-order valence-electron chi connectivity index (χ3n) is 2.44. The Morgan fingerprint density at radius 1 is 1.44 bits per heavy atom. The third-order valence-corrected chi connectivity index (χ3v) is 2.44. The van der Waals surface area contributed by atoms with Crippen LogP contribution >= 0.6 is 0 Å². The van der Waals surface area contributed by atoms with Crippen LogP contribution in [0, 0.1) is 0 Å². The largest absolute Gasteiger partial charge is 0.461 e. The number of allylic oxidation sites excluding steroid dienone is 1. The predicted octanol–water partition coefficient (Wildman–Crippen LogP) is 1.71. The Balaban J connectivity index is 2.10. The van der Waals surface area contributed by atoms with Crippen molar-refractivity contribution >= 4 is 17.1 Å². The third kappa shape index (κ3) is 2.51. The van der Waals surface area contributed by atoms with E-state index in [4.69, 9.17) is 9.15 Å². The van der Waals surface area contributed by atoms with Crippen LogP contribution in [0.3, 0.4) is 0 Å². The molecule has 1 aromatic carbocycles. The summed E-state index contributed by atoms with van der Waals surface area (Å²) >= 11 is 0. The first kappa shape index (κ1) is 12.2. The lowest BCUT2D eigenvalue weighted by Crippen LogP contribution is -2.18. The van der Waals surface area contributed by atoms with E-state index in [2.05, 4.69) is 0 Å². The second kappa shape index (κ2) is 5.35. The van der Waals surface area contributed by atoms with Gasteiger partial charge in [0.05, 0.1) is 12.1 Å². The van der Waals surface area contributed by atoms with E-state index in [-0.39, 0.29) is 13.2 Å². The second-order valence-corrected chi connectivity index (χ2v) is 3.65. The molecule has 0 saturated carbocycles. The summed E-state index contributed by atoms with van der Waals surface area (Å²) < 4.78 is 11.4. The van der Waals surface area contributed by atoms with Crippen LogP contribution in [0.25, 0.3) is 11.1 Å². The van der Waals surface area contributed by atoms with E-state index < -0.39 is 11.7 Å². The Morgan fingerprint density at radius 3 is 3.00 bits per heavy atom. The van der Waals surface area contributed by atoms with Crippen LogP contribution in [0.4, 0.5) is 0 Å². The van der Waals surface area contributed by atoms with Gasteiger partial charge < -0.3 is 9.15 Å². The summed E-state index contributed by atoms with van der Waals surface area (Å²) in [6.45, 7) is 2.14. The average molecular weight is 247 g/mol. The maximum Gasteiger partial charge on any atom is 0.420 e. The smallest absolute Gasteiger partial charge is 0.420 e. The average Bonchev–Trinajstić information content (AvgIpc) is 2.66. The van der Waals surface area contributed by atoms with Gasteiger partial charge in [0.2, 0.25) is 0 Å². The number of para-hydroxylation sites is 2. The number of esters is 1. The molecular weight excluding hydrogens is 234 g/mol. The molecule has 1 aromatic heterocycles. The van der Waals surface area contributed by atoms with Crippen LogP contribution in [0.1, 0.15) is 6.92 Å². The summed E-state index contributed by atoms with van der Waals surface area (Å²) in [6, 6.07) is 7.12. The molecule has 5 heteroatoms. The molecule has 0 unspecified atom stereocenters. The van der Waals surface area contributed by atoms with Crippen molar-refractivity contribution in [3.63, 3.8) is 0 Å². The highest BCUT2D eigenvalue weighted by Gasteiger charge is 2.08. The van der Waals surface area contributed by atoms with E-state index in [0.29, 0.717) is 11.1 Å². The molecule has 1 heterocycles. The van der Waals surface area contributed by atoms with Crippen LogP contribution < -0.4 is 5.76 Å². The minimum Gasteiger partial charge on any atom is -0.461 e. The zero-order chi connectivity index (χ0) is 13.0. The van der Waals surface area contributed by atoms with Gasteiger partial charge in [0.15, 0.2) is 5.58 Å². The van der Waals surface area contributed by atoms with Crippen molar-refractivity contribution in [2.24, 2.45) is 0 Å². The molecule has 0 radical (unpaired) electrons. The molecule has 0 spiro atoms. The van der Waals surface area contributed by atoms with Crippen LogP contribution in [0.2, 0.25) is 0 Å². The van der Waals surface area contributed by atoms with Crippen molar-refractivity contribution in [3.05, 3.63) is 47.0 Å². The van der Waals surface area contributed by atoms with Gasteiger partial charge in [0.25, 0.3) is 0 Å². The number of carbonyl (C=O) groups is 1. The standard InChI is InChI=1S/C13H13NO4/c1-2-5-12(15)17-9-8-14-10-6-3-4-7-11(10)18-13(14)16/h2-7H,8-9H2,1H3/b5-2+. The molecule has 0 N–H and O–H groups in total. The molecule has 0 saturated heterocycles. The summed E-state index contributed by atoms with van der Waals surface area (Å²) in [5.74, 6) is -0.864. The molecule has 94 valence electrons. The highest BCUT2D eigenvalue weighted by Crippen LogP contribution is 2.11. The molecule has 2 aromatic rings. The van der Waals surface area contributed by atoms with E-state index in [9.17, 15) is 9.59 Å². The van der Waals surface area contributed by atoms with Crippen molar-refractivity contribution in [2.75, 3.05) is 6.61 Å². The molecule has 0 amide bonds. The normalized spacial score (nSPS) is 11.2. The van der Waals surface area contributed by atoms with Gasteiger partial charge in [-0.1, -0.05) is 18.2 Å². The molecule has 0 fully saturated rings. The van der Waals surface area contributed by atoms with Gasteiger partial charge in [0, 0.05) is 6.08 Å². The van der Waals surface area contributed by atoms with Crippen molar-refractivity contribution in [1.29, 1.82) is 0 Å². The van der Waals surface area contributed by atoms with E-state index >= 15 is 0 Å². The van der Waals surface area contributed by atoms with E-state index in [0.717, 1.165) is 0 Å². The molecule has 0 aliphatic heterocycles. The summed E-state index contributed by atoms with van der Waals surface area (Å²) in [5, 5.41) is 0. The number of rotatable bonds is 4. The zero-order valence-electron chi connectivity index (χ0n) is 9.96. The van der Waals surface area contributed by atoms with E-state index in [1.54, 1.807) is 31.2 Å². The summed E-state index contributed by atoms with van der Waals surface area (Å²) in [6.07, 6.45) is 2.93. The fourth-order valence-electron chi connectivity index (χ4n) is 1.65. The number of aromatic nitrogens is 1. The first-order valence-electron chi connectivity index (χ1n) is 5.60. The fourth-order valence-corrected chi connectivity index (χ4v) is 1.65. The number of fused-ring (bicyclic) bond motifs is 1. The Bertz CT molecular complexity index is 636. The Kier molecular flexibility index (Phi) is 3.62. The molecule has 0 aliphatic carbocycles. The number of oxazole rings is 1. The SMILES string of the molecule is C/C=C/C(=O)OCCn1c(=O)oc2ccccc21. The Morgan fingerprint density at radius 2 is 2.22 bits per heavy atom. The first-order valence-corrected chi connectivity index (χ1v) is 5.60. The quantitative estimate of drug-likeness (QED) is 0.609. The first-order chi connectivity index (χ1) is 8.72. The molecule has 18 heavy (non-hydrogen) atoms. The van der Waals surface area contributed by atoms with E-state index in [1.165, 1.54) is 10.6 Å². The molecule has 0 aliphatic rings. The fraction of sp³-hybridized carbons (Fsp3) is 0.231. The van der Waals surface area contributed by atoms with Gasteiger partial charge in [-0.05, 0) is 19.1 Å². The topological polar surface area (TPSA) is 61.4 Å². The zero-order valence-corrected chi connectivity index (χ0v) is 9.96. The molecule has 0 atom stereocenters. The van der Waals surface area contributed by atoms with Crippen molar-refractivity contribution in [3.8, 4) is 0 Å². The Hall–Kier alpha value is -2.30. The molecule has 2 rings (SSSR count). The van der Waals surface area contributed by atoms with Gasteiger partial charge >= 0.3 is 11.7 Å². The minimum atomic E-state index is -0.446. The second-order valence-electron chi connectivity index (χ2n) is 3.65. The Labute approximate surface area is 103 Å². The lowest BCUT2D eigenvalue weighted by Gasteiger charge is -2.02. The monoisotopic (exact) mass is 247 g/mol. The van der Waals surface area contributed by atoms with Crippen molar-refractivity contribution in [1.82, 2.24) is 4.57 Å². The lowest BCUT2D eigenvalue weighted by atomic mass is 10.3. The van der Waals surface area contributed by atoms with Crippen LogP contribution in [0.5, 0.6) is 0 Å².